The van der Waals surface area contributed by atoms with Gasteiger partial charge in [-0.3, -0.25) is 0 Å². The van der Waals surface area contributed by atoms with Crippen molar-refractivity contribution in [3.8, 4) is 5.75 Å². The number of H-pyrrole nitrogens is 1. The van der Waals surface area contributed by atoms with Crippen molar-refractivity contribution in [1.82, 2.24) is 15.2 Å². The van der Waals surface area contributed by atoms with Gasteiger partial charge in [0.15, 0.2) is 0 Å². The van der Waals surface area contributed by atoms with E-state index in [1.807, 2.05) is 19.9 Å². The van der Waals surface area contributed by atoms with Gasteiger partial charge < -0.3 is 5.11 Å². The molecule has 0 amide bonds. The third-order valence-corrected chi connectivity index (χ3v) is 4.05. The molecule has 0 bridgehead atoms. The minimum absolute atomic E-state index is 0.291. The van der Waals surface area contributed by atoms with Gasteiger partial charge in [-0.1, -0.05) is 6.92 Å². The molecule has 102 valence electrons. The molecule has 20 heavy (non-hydrogen) atoms. The van der Waals surface area contributed by atoms with Crippen LogP contribution in [0.4, 0.5) is 11.6 Å². The first-order chi connectivity index (χ1) is 9.69. The number of hydrogen-bond acceptors (Lipinski definition) is 6. The van der Waals surface area contributed by atoms with Gasteiger partial charge in [0.05, 0.1) is 4.70 Å². The Labute approximate surface area is 119 Å². The van der Waals surface area contributed by atoms with Crippen molar-refractivity contribution in [2.45, 2.75) is 20.3 Å². The number of phenolic OH excluding ortho intramolecular Hbond substituents is 1. The Bertz CT molecular complexity index is 776. The first kappa shape index (κ1) is 12.7. The molecular formula is C13H13N5OS. The number of aromatic hydroxyl groups is 1. The Hall–Kier alpha value is -2.28. The van der Waals surface area contributed by atoms with Crippen LogP contribution in [0.25, 0.3) is 10.1 Å². The molecule has 2 aromatic heterocycles. The number of nitrogens with one attached hydrogen (secondary N) is 1. The highest BCUT2D eigenvalue weighted by Crippen LogP contribution is 2.42. The highest BCUT2D eigenvalue weighted by molar-refractivity contribution is 7.19. The van der Waals surface area contributed by atoms with Gasteiger partial charge in [-0.25, -0.2) is 5.10 Å². The van der Waals surface area contributed by atoms with Crippen molar-refractivity contribution in [2.75, 3.05) is 0 Å². The fourth-order valence-electron chi connectivity index (χ4n) is 2.06. The first-order valence-electron chi connectivity index (χ1n) is 6.21. The molecule has 0 spiro atoms. The number of thiophene rings is 1. The summed E-state index contributed by atoms with van der Waals surface area (Å²) in [5, 5.41) is 25.6. The van der Waals surface area contributed by atoms with E-state index >= 15 is 0 Å². The number of phenols is 1. The van der Waals surface area contributed by atoms with Crippen molar-refractivity contribution in [1.29, 1.82) is 0 Å². The van der Waals surface area contributed by atoms with Crippen molar-refractivity contribution < 1.29 is 5.11 Å². The molecule has 1 aromatic carbocycles. The normalized spacial score (nSPS) is 11.7. The Morgan fingerprint density at radius 2 is 2.20 bits per heavy atom. The minimum atomic E-state index is 0.291. The summed E-state index contributed by atoms with van der Waals surface area (Å²) in [6.45, 7) is 4.03. The lowest BCUT2D eigenvalue weighted by Gasteiger charge is -2.05. The lowest BCUT2D eigenvalue weighted by atomic mass is 10.1. The molecule has 0 aliphatic heterocycles. The van der Waals surface area contributed by atoms with Crippen molar-refractivity contribution >= 4 is 33.1 Å². The van der Waals surface area contributed by atoms with E-state index in [-0.39, 0.29) is 0 Å². The molecule has 3 aromatic rings. The van der Waals surface area contributed by atoms with Crippen LogP contribution in [0.1, 0.15) is 17.4 Å². The number of aryl methyl sites for hydroxylation is 2. The second-order valence-electron chi connectivity index (χ2n) is 4.37. The second-order valence-corrected chi connectivity index (χ2v) is 5.62. The maximum Gasteiger partial charge on any atom is 0.264 e. The summed E-state index contributed by atoms with van der Waals surface area (Å²) in [7, 11) is 0. The number of aromatic amines is 1. The number of nitrogens with zero attached hydrogens (tertiary/aromatic N) is 4. The summed E-state index contributed by atoms with van der Waals surface area (Å²) < 4.78 is 0.947. The molecule has 0 radical (unpaired) electrons. The van der Waals surface area contributed by atoms with Gasteiger partial charge >= 0.3 is 0 Å². The number of rotatable bonds is 3. The second kappa shape index (κ2) is 5.01. The average Bonchev–Trinajstić information content (AvgIpc) is 3.06. The van der Waals surface area contributed by atoms with Crippen LogP contribution in [0.5, 0.6) is 5.75 Å². The van der Waals surface area contributed by atoms with Gasteiger partial charge in [-0.2, -0.15) is 10.1 Å². The Morgan fingerprint density at radius 1 is 1.35 bits per heavy atom. The monoisotopic (exact) mass is 287 g/mol. The maximum absolute atomic E-state index is 10.1. The molecule has 7 heteroatoms. The van der Waals surface area contributed by atoms with Gasteiger partial charge in [0.25, 0.3) is 5.95 Å². The molecule has 6 nitrogen and oxygen atoms in total. The first-order valence-corrected chi connectivity index (χ1v) is 7.02. The Balaban J connectivity index is 2.19. The van der Waals surface area contributed by atoms with E-state index in [0.717, 1.165) is 32.6 Å². The lowest BCUT2D eigenvalue weighted by Crippen LogP contribution is -1.82. The van der Waals surface area contributed by atoms with Gasteiger partial charge in [0.1, 0.15) is 17.8 Å². The number of fused-ring (bicyclic) bond motifs is 1. The molecule has 3 rings (SSSR count). The zero-order chi connectivity index (χ0) is 14.1. The van der Waals surface area contributed by atoms with Crippen LogP contribution in [-0.4, -0.2) is 20.3 Å². The fourth-order valence-corrected chi connectivity index (χ4v) is 3.10. The summed E-state index contributed by atoms with van der Waals surface area (Å²) in [4.78, 5) is 5.04. The predicted octanol–water partition coefficient (Wildman–Crippen LogP) is 4.01. The number of azo groups is 1. The van der Waals surface area contributed by atoms with Crippen LogP contribution < -0.4 is 0 Å². The molecule has 0 unspecified atom stereocenters. The molecular weight excluding hydrogens is 274 g/mol. The number of aromatic nitrogens is 3. The van der Waals surface area contributed by atoms with Crippen LogP contribution in [0.2, 0.25) is 0 Å². The molecule has 0 aliphatic rings. The van der Waals surface area contributed by atoms with Crippen molar-refractivity contribution in [2.24, 2.45) is 10.2 Å². The predicted molar refractivity (Wildman–Crippen MR) is 78.2 cm³/mol. The fraction of sp³-hybridized carbons (Fsp3) is 0.231. The Kier molecular flexibility index (Phi) is 3.19. The van der Waals surface area contributed by atoms with Crippen LogP contribution in [0.15, 0.2) is 28.7 Å². The molecule has 0 atom stereocenters. The van der Waals surface area contributed by atoms with E-state index in [1.165, 1.54) is 6.33 Å². The van der Waals surface area contributed by atoms with E-state index < -0.39 is 0 Å². The summed E-state index contributed by atoms with van der Waals surface area (Å²) >= 11 is 1.60. The number of benzene rings is 1. The third kappa shape index (κ3) is 2.16. The van der Waals surface area contributed by atoms with E-state index in [2.05, 4.69) is 25.4 Å². The van der Waals surface area contributed by atoms with Gasteiger partial charge in [0, 0.05) is 10.3 Å². The van der Waals surface area contributed by atoms with Crippen LogP contribution in [-0.2, 0) is 6.42 Å². The summed E-state index contributed by atoms with van der Waals surface area (Å²) in [5.41, 5.74) is 1.75. The van der Waals surface area contributed by atoms with E-state index in [4.69, 9.17) is 0 Å². The standard InChI is InChI=1S/C13H13N5OS/c1-3-8-5-10(19)9-4-7(2)20-12(9)11(8)16-18-13-14-6-15-17-13/h4-6,19H,3H2,1-2H3,(H,14,15,17). The van der Waals surface area contributed by atoms with Crippen LogP contribution in [0, 0.1) is 6.92 Å². The molecule has 0 fully saturated rings. The summed E-state index contributed by atoms with van der Waals surface area (Å²) in [5.74, 6) is 0.654. The quantitative estimate of drug-likeness (QED) is 0.713. The summed E-state index contributed by atoms with van der Waals surface area (Å²) in [6.07, 6.45) is 2.15. The summed E-state index contributed by atoms with van der Waals surface area (Å²) in [6, 6.07) is 3.71. The number of hydrogen-bond donors (Lipinski definition) is 2. The average molecular weight is 287 g/mol. The van der Waals surface area contributed by atoms with Crippen molar-refractivity contribution in [3.05, 3.63) is 28.9 Å². The topological polar surface area (TPSA) is 86.5 Å². The lowest BCUT2D eigenvalue weighted by molar-refractivity contribution is 0.481. The molecule has 2 N–H and O–H groups in total. The molecule has 0 saturated carbocycles. The maximum atomic E-state index is 10.1. The highest BCUT2D eigenvalue weighted by atomic mass is 32.1. The van der Waals surface area contributed by atoms with E-state index in [1.54, 1.807) is 17.4 Å². The Morgan fingerprint density at radius 3 is 2.90 bits per heavy atom. The van der Waals surface area contributed by atoms with E-state index in [9.17, 15) is 5.11 Å². The van der Waals surface area contributed by atoms with E-state index in [0.29, 0.717) is 11.7 Å². The van der Waals surface area contributed by atoms with Gasteiger partial charge in [-0.05, 0) is 31.0 Å². The molecule has 0 saturated heterocycles. The molecule has 0 aliphatic carbocycles. The smallest absolute Gasteiger partial charge is 0.264 e. The molecule has 2 heterocycles. The largest absolute Gasteiger partial charge is 0.507 e. The SMILES string of the molecule is CCc1cc(O)c2cc(C)sc2c1N=Nc1ncn[nH]1. The van der Waals surface area contributed by atoms with Crippen LogP contribution >= 0.6 is 11.3 Å². The highest BCUT2D eigenvalue weighted by Gasteiger charge is 2.13. The van der Waals surface area contributed by atoms with Gasteiger partial charge in [0.2, 0.25) is 0 Å². The van der Waals surface area contributed by atoms with Crippen molar-refractivity contribution in [3.63, 3.8) is 0 Å². The van der Waals surface area contributed by atoms with Crippen LogP contribution in [0.3, 0.4) is 0 Å². The minimum Gasteiger partial charge on any atom is -0.507 e. The zero-order valence-electron chi connectivity index (χ0n) is 11.1. The third-order valence-electron chi connectivity index (χ3n) is 2.99. The van der Waals surface area contributed by atoms with Gasteiger partial charge in [-0.15, -0.1) is 21.6 Å². The zero-order valence-corrected chi connectivity index (χ0v) is 11.9.